The van der Waals surface area contributed by atoms with Gasteiger partial charge in [0.15, 0.2) is 0 Å². The number of aryl methyl sites for hydroxylation is 1. The van der Waals surface area contributed by atoms with E-state index in [4.69, 9.17) is 4.74 Å². The predicted molar refractivity (Wildman–Crippen MR) is 105 cm³/mol. The second-order valence-electron chi connectivity index (χ2n) is 7.01. The van der Waals surface area contributed by atoms with Gasteiger partial charge in [0.2, 0.25) is 0 Å². The van der Waals surface area contributed by atoms with E-state index in [1.165, 1.54) is 31.2 Å². The summed E-state index contributed by atoms with van der Waals surface area (Å²) in [6.45, 7) is 4.50. The molecule has 3 heteroatoms. The van der Waals surface area contributed by atoms with Crippen LogP contribution in [-0.4, -0.2) is 17.7 Å². The zero-order valence-electron chi connectivity index (χ0n) is 15.9. The summed E-state index contributed by atoms with van der Waals surface area (Å²) >= 11 is 0. The van der Waals surface area contributed by atoms with Crippen LogP contribution in [0.25, 0.3) is 0 Å². The molecule has 2 rings (SSSR count). The maximum atomic E-state index is 12.1. The molecule has 2 atom stereocenters. The van der Waals surface area contributed by atoms with Gasteiger partial charge in [-0.3, -0.25) is 0 Å². The van der Waals surface area contributed by atoms with Crippen LogP contribution in [-0.2, 0) is 11.2 Å². The van der Waals surface area contributed by atoms with Crippen LogP contribution < -0.4 is 0 Å². The summed E-state index contributed by atoms with van der Waals surface area (Å²) in [6, 6.07) is 16.8. The summed E-state index contributed by atoms with van der Waals surface area (Å²) in [5.74, 6) is 0.383. The molecule has 0 saturated heterocycles. The van der Waals surface area contributed by atoms with Crippen LogP contribution in [0, 0.1) is 5.92 Å². The molecular formula is C23H30O3. The van der Waals surface area contributed by atoms with Gasteiger partial charge in [0, 0.05) is 0 Å². The Morgan fingerprint density at radius 3 is 2.38 bits per heavy atom. The minimum atomic E-state index is -0.801. The van der Waals surface area contributed by atoms with E-state index in [9.17, 15) is 9.90 Å². The van der Waals surface area contributed by atoms with Gasteiger partial charge in [-0.1, -0.05) is 75.6 Å². The lowest BCUT2D eigenvalue weighted by Crippen LogP contribution is -2.12. The Labute approximate surface area is 157 Å². The molecule has 0 aliphatic heterocycles. The molecule has 0 aromatic heterocycles. The average Bonchev–Trinajstić information content (AvgIpc) is 2.67. The highest BCUT2D eigenvalue weighted by Gasteiger charge is 2.12. The van der Waals surface area contributed by atoms with Crippen LogP contribution in [0.1, 0.15) is 67.1 Å². The van der Waals surface area contributed by atoms with Crippen LogP contribution in [0.15, 0.2) is 54.6 Å². The molecule has 0 saturated carbocycles. The van der Waals surface area contributed by atoms with Crippen molar-refractivity contribution < 1.29 is 14.6 Å². The molecule has 0 fully saturated rings. The molecule has 0 spiro atoms. The number of rotatable bonds is 10. The monoisotopic (exact) mass is 354 g/mol. The van der Waals surface area contributed by atoms with Crippen LogP contribution in [0.5, 0.6) is 0 Å². The Balaban J connectivity index is 1.77. The van der Waals surface area contributed by atoms with Gasteiger partial charge in [-0.25, -0.2) is 4.79 Å². The Hall–Kier alpha value is -2.13. The van der Waals surface area contributed by atoms with E-state index in [-0.39, 0.29) is 6.61 Å². The number of benzene rings is 2. The van der Waals surface area contributed by atoms with Crippen molar-refractivity contribution in [3.05, 3.63) is 71.3 Å². The lowest BCUT2D eigenvalue weighted by molar-refractivity contribution is 0.0254. The number of hydrogen-bond donors (Lipinski definition) is 1. The van der Waals surface area contributed by atoms with Gasteiger partial charge in [0.05, 0.1) is 5.56 Å². The molecular weight excluding hydrogens is 324 g/mol. The number of esters is 1. The Morgan fingerprint density at radius 1 is 1.04 bits per heavy atom. The molecule has 0 bridgehead atoms. The minimum absolute atomic E-state index is 0.0418. The van der Waals surface area contributed by atoms with Crippen LogP contribution in [0.2, 0.25) is 0 Å². The smallest absolute Gasteiger partial charge is 0.338 e. The molecule has 3 nitrogen and oxygen atoms in total. The summed E-state index contributed by atoms with van der Waals surface area (Å²) in [4.78, 5) is 12.1. The molecule has 0 amide bonds. The van der Waals surface area contributed by atoms with E-state index >= 15 is 0 Å². The Kier molecular flexibility index (Phi) is 8.36. The lowest BCUT2D eigenvalue weighted by atomic mass is 9.97. The number of carbonyl (C=O) groups excluding carboxylic acids is 1. The van der Waals surface area contributed by atoms with Gasteiger partial charge in [0.25, 0.3) is 0 Å². The standard InChI is InChI=1S/C23H30O3/c1-3-8-18(2)9-7-10-19-13-15-21(16-14-19)23(25)26-17-22(24)20-11-5-4-6-12-20/h4-6,11-16,18,22,24H,3,7-10,17H2,1-2H3. The molecule has 0 aliphatic carbocycles. The first kappa shape index (κ1) is 20.2. The molecule has 2 unspecified atom stereocenters. The first-order chi connectivity index (χ1) is 12.6. The maximum Gasteiger partial charge on any atom is 0.338 e. The molecule has 140 valence electrons. The van der Waals surface area contributed by atoms with Crippen molar-refractivity contribution in [2.24, 2.45) is 5.92 Å². The molecule has 2 aromatic rings. The molecule has 2 aromatic carbocycles. The number of hydrogen-bond acceptors (Lipinski definition) is 3. The van der Waals surface area contributed by atoms with Crippen LogP contribution in [0.3, 0.4) is 0 Å². The van der Waals surface area contributed by atoms with Gasteiger partial charge in [0.1, 0.15) is 12.7 Å². The molecule has 0 aliphatic rings. The van der Waals surface area contributed by atoms with E-state index in [1.807, 2.05) is 54.6 Å². The van der Waals surface area contributed by atoms with Gasteiger partial charge in [-0.15, -0.1) is 0 Å². The zero-order chi connectivity index (χ0) is 18.8. The van der Waals surface area contributed by atoms with E-state index in [2.05, 4.69) is 13.8 Å². The van der Waals surface area contributed by atoms with Crippen molar-refractivity contribution in [3.8, 4) is 0 Å². The van der Waals surface area contributed by atoms with Gasteiger partial charge >= 0.3 is 5.97 Å². The highest BCUT2D eigenvalue weighted by atomic mass is 16.5. The second-order valence-corrected chi connectivity index (χ2v) is 7.01. The van der Waals surface area contributed by atoms with Crippen LogP contribution >= 0.6 is 0 Å². The van der Waals surface area contributed by atoms with Gasteiger partial charge in [-0.2, -0.15) is 0 Å². The van der Waals surface area contributed by atoms with Crippen molar-refractivity contribution in [1.29, 1.82) is 0 Å². The summed E-state index contributed by atoms with van der Waals surface area (Å²) in [5, 5.41) is 10.1. The number of ether oxygens (including phenoxy) is 1. The molecule has 26 heavy (non-hydrogen) atoms. The fourth-order valence-electron chi connectivity index (χ4n) is 3.11. The third-order valence-corrected chi connectivity index (χ3v) is 4.69. The van der Waals surface area contributed by atoms with Gasteiger partial charge < -0.3 is 9.84 Å². The summed E-state index contributed by atoms with van der Waals surface area (Å²) in [7, 11) is 0. The third-order valence-electron chi connectivity index (χ3n) is 4.69. The number of carbonyl (C=O) groups is 1. The topological polar surface area (TPSA) is 46.5 Å². The first-order valence-electron chi connectivity index (χ1n) is 9.59. The van der Waals surface area contributed by atoms with E-state index in [0.29, 0.717) is 5.56 Å². The number of aliphatic hydroxyl groups is 1. The van der Waals surface area contributed by atoms with Crippen molar-refractivity contribution >= 4 is 5.97 Å². The predicted octanol–water partition coefficient (Wildman–Crippen LogP) is 5.34. The largest absolute Gasteiger partial charge is 0.459 e. The summed E-state index contributed by atoms with van der Waals surface area (Å²) in [6.07, 6.45) is 5.19. The molecule has 0 radical (unpaired) electrons. The maximum absolute atomic E-state index is 12.1. The lowest BCUT2D eigenvalue weighted by Gasteiger charge is -2.12. The molecule has 0 heterocycles. The minimum Gasteiger partial charge on any atom is -0.459 e. The SMILES string of the molecule is CCCC(C)CCCc1ccc(C(=O)OCC(O)c2ccccc2)cc1. The van der Waals surface area contributed by atoms with E-state index in [1.54, 1.807) is 0 Å². The summed E-state index contributed by atoms with van der Waals surface area (Å²) in [5.41, 5.74) is 2.51. The number of aliphatic hydroxyl groups excluding tert-OH is 1. The average molecular weight is 354 g/mol. The second kappa shape index (κ2) is 10.8. The van der Waals surface area contributed by atoms with Crippen molar-refractivity contribution in [3.63, 3.8) is 0 Å². The van der Waals surface area contributed by atoms with Crippen molar-refractivity contribution in [2.75, 3.05) is 6.61 Å². The normalized spacial score (nSPS) is 13.2. The Bertz CT molecular complexity index is 649. The van der Waals surface area contributed by atoms with Crippen molar-refractivity contribution in [1.82, 2.24) is 0 Å². The summed E-state index contributed by atoms with van der Waals surface area (Å²) < 4.78 is 5.23. The fourth-order valence-corrected chi connectivity index (χ4v) is 3.11. The molecule has 1 N–H and O–H groups in total. The van der Waals surface area contributed by atoms with Crippen molar-refractivity contribution in [2.45, 2.75) is 52.1 Å². The zero-order valence-corrected chi connectivity index (χ0v) is 15.9. The third kappa shape index (κ3) is 6.64. The first-order valence-corrected chi connectivity index (χ1v) is 9.59. The van der Waals surface area contributed by atoms with E-state index in [0.717, 1.165) is 17.9 Å². The quantitative estimate of drug-likeness (QED) is 0.586. The van der Waals surface area contributed by atoms with Gasteiger partial charge in [-0.05, 0) is 42.0 Å². The van der Waals surface area contributed by atoms with Crippen LogP contribution in [0.4, 0.5) is 0 Å². The fraction of sp³-hybridized carbons (Fsp3) is 0.435. The highest BCUT2D eigenvalue weighted by molar-refractivity contribution is 5.89. The van der Waals surface area contributed by atoms with E-state index < -0.39 is 12.1 Å². The highest BCUT2D eigenvalue weighted by Crippen LogP contribution is 2.16. The Morgan fingerprint density at radius 2 is 1.73 bits per heavy atom.